The molecule has 1 aromatic rings. The minimum atomic E-state index is 0.428. The average Bonchev–Trinajstić information content (AvgIpc) is 2.54. The van der Waals surface area contributed by atoms with Crippen LogP contribution in [0, 0.1) is 13.8 Å². The van der Waals surface area contributed by atoms with E-state index in [1.54, 1.807) is 0 Å². The van der Waals surface area contributed by atoms with Gasteiger partial charge in [-0.2, -0.15) is 0 Å². The Hall–Kier alpha value is -0.500. The standard InChI is InChI=1S/C15H21BrO/c1-11-9-14(10-12(2)15(11)16)17-13-7-5-3-4-6-8-13/h9-10,13H,3-8H2,1-2H3. The number of hydrogen-bond acceptors (Lipinski definition) is 1. The van der Waals surface area contributed by atoms with Crippen LogP contribution >= 0.6 is 15.9 Å². The topological polar surface area (TPSA) is 9.23 Å². The summed E-state index contributed by atoms with van der Waals surface area (Å²) < 4.78 is 7.33. The van der Waals surface area contributed by atoms with E-state index >= 15 is 0 Å². The zero-order valence-electron chi connectivity index (χ0n) is 10.8. The summed E-state index contributed by atoms with van der Waals surface area (Å²) in [5.41, 5.74) is 2.52. The molecule has 0 amide bonds. The molecule has 1 aliphatic carbocycles. The van der Waals surface area contributed by atoms with E-state index in [1.165, 1.54) is 54.1 Å². The molecule has 2 heteroatoms. The van der Waals surface area contributed by atoms with Gasteiger partial charge in [0.25, 0.3) is 0 Å². The van der Waals surface area contributed by atoms with Gasteiger partial charge >= 0.3 is 0 Å². The zero-order chi connectivity index (χ0) is 12.3. The van der Waals surface area contributed by atoms with Crippen molar-refractivity contribution in [3.63, 3.8) is 0 Å². The first-order chi connectivity index (χ1) is 8.16. The molecule has 0 aliphatic heterocycles. The summed E-state index contributed by atoms with van der Waals surface area (Å²) in [6, 6.07) is 4.28. The second kappa shape index (κ2) is 5.90. The van der Waals surface area contributed by atoms with Crippen LogP contribution in [0.25, 0.3) is 0 Å². The van der Waals surface area contributed by atoms with Crippen molar-refractivity contribution >= 4 is 15.9 Å². The zero-order valence-corrected chi connectivity index (χ0v) is 12.3. The molecule has 1 aliphatic rings. The first-order valence-corrected chi connectivity index (χ1v) is 7.39. The molecule has 0 N–H and O–H groups in total. The minimum Gasteiger partial charge on any atom is -0.490 e. The quantitative estimate of drug-likeness (QED) is 0.684. The van der Waals surface area contributed by atoms with Gasteiger partial charge in [0.2, 0.25) is 0 Å². The Morgan fingerprint density at radius 2 is 1.53 bits per heavy atom. The number of rotatable bonds is 2. The van der Waals surface area contributed by atoms with Gasteiger partial charge in [0.15, 0.2) is 0 Å². The summed E-state index contributed by atoms with van der Waals surface area (Å²) >= 11 is 3.60. The van der Waals surface area contributed by atoms with Crippen LogP contribution in [-0.2, 0) is 0 Å². The predicted molar refractivity (Wildman–Crippen MR) is 75.7 cm³/mol. The molecule has 1 fully saturated rings. The highest BCUT2D eigenvalue weighted by Crippen LogP contribution is 2.29. The number of benzene rings is 1. The van der Waals surface area contributed by atoms with Crippen LogP contribution < -0.4 is 4.74 Å². The molecule has 1 saturated carbocycles. The van der Waals surface area contributed by atoms with Crippen LogP contribution in [-0.4, -0.2) is 6.10 Å². The second-order valence-electron chi connectivity index (χ2n) is 5.10. The maximum Gasteiger partial charge on any atom is 0.120 e. The monoisotopic (exact) mass is 296 g/mol. The molecule has 17 heavy (non-hydrogen) atoms. The van der Waals surface area contributed by atoms with Crippen molar-refractivity contribution in [3.8, 4) is 5.75 Å². The Kier molecular flexibility index (Phi) is 4.49. The predicted octanol–water partition coefficient (Wildman–Crippen LogP) is 5.17. The third-order valence-electron chi connectivity index (χ3n) is 3.51. The van der Waals surface area contributed by atoms with Crippen LogP contribution in [0.4, 0.5) is 0 Å². The Balaban J connectivity index is 2.07. The van der Waals surface area contributed by atoms with Gasteiger partial charge in [-0.15, -0.1) is 0 Å². The lowest BCUT2D eigenvalue weighted by molar-refractivity contribution is 0.183. The van der Waals surface area contributed by atoms with Crippen LogP contribution in [0.1, 0.15) is 49.7 Å². The van der Waals surface area contributed by atoms with E-state index in [0.29, 0.717) is 6.10 Å². The maximum absolute atomic E-state index is 6.13. The molecule has 1 nitrogen and oxygen atoms in total. The van der Waals surface area contributed by atoms with Crippen molar-refractivity contribution in [2.75, 3.05) is 0 Å². The molecule has 0 saturated heterocycles. The third-order valence-corrected chi connectivity index (χ3v) is 4.77. The number of halogens is 1. The fourth-order valence-electron chi connectivity index (χ4n) is 2.53. The molecule has 0 atom stereocenters. The van der Waals surface area contributed by atoms with E-state index in [0.717, 1.165) is 5.75 Å². The van der Waals surface area contributed by atoms with Gasteiger partial charge in [0.05, 0.1) is 6.10 Å². The molecule has 94 valence electrons. The van der Waals surface area contributed by atoms with E-state index in [9.17, 15) is 0 Å². The van der Waals surface area contributed by atoms with Crippen molar-refractivity contribution in [3.05, 3.63) is 27.7 Å². The Morgan fingerprint density at radius 3 is 2.06 bits per heavy atom. The highest BCUT2D eigenvalue weighted by Gasteiger charge is 2.14. The average molecular weight is 297 g/mol. The fraction of sp³-hybridized carbons (Fsp3) is 0.600. The Morgan fingerprint density at radius 1 is 1.00 bits per heavy atom. The molecule has 0 spiro atoms. The van der Waals surface area contributed by atoms with Gasteiger partial charge < -0.3 is 4.74 Å². The highest BCUT2D eigenvalue weighted by atomic mass is 79.9. The summed E-state index contributed by atoms with van der Waals surface area (Å²) in [5.74, 6) is 1.04. The van der Waals surface area contributed by atoms with Gasteiger partial charge in [0.1, 0.15) is 5.75 Å². The SMILES string of the molecule is Cc1cc(OC2CCCCCC2)cc(C)c1Br. The van der Waals surface area contributed by atoms with Crippen LogP contribution in [0.3, 0.4) is 0 Å². The molecule has 0 heterocycles. The summed E-state index contributed by atoms with van der Waals surface area (Å²) in [6.45, 7) is 4.24. The Labute approximate surface area is 113 Å². The van der Waals surface area contributed by atoms with Crippen molar-refractivity contribution in [1.82, 2.24) is 0 Å². The summed E-state index contributed by atoms with van der Waals surface area (Å²) in [4.78, 5) is 0. The van der Waals surface area contributed by atoms with Gasteiger partial charge in [0, 0.05) is 4.47 Å². The van der Waals surface area contributed by atoms with E-state index in [-0.39, 0.29) is 0 Å². The summed E-state index contributed by atoms with van der Waals surface area (Å²) in [7, 11) is 0. The molecule has 0 unspecified atom stereocenters. The first kappa shape index (κ1) is 12.9. The van der Waals surface area contributed by atoms with Gasteiger partial charge in [-0.3, -0.25) is 0 Å². The highest BCUT2D eigenvalue weighted by molar-refractivity contribution is 9.10. The van der Waals surface area contributed by atoms with Crippen molar-refractivity contribution in [2.24, 2.45) is 0 Å². The fourth-order valence-corrected chi connectivity index (χ4v) is 2.76. The molecule has 0 radical (unpaired) electrons. The molecule has 1 aromatic carbocycles. The van der Waals surface area contributed by atoms with Gasteiger partial charge in [-0.25, -0.2) is 0 Å². The van der Waals surface area contributed by atoms with Crippen LogP contribution in [0.5, 0.6) is 5.75 Å². The van der Waals surface area contributed by atoms with Crippen molar-refractivity contribution in [2.45, 2.75) is 58.5 Å². The molecule has 2 rings (SSSR count). The smallest absolute Gasteiger partial charge is 0.120 e. The minimum absolute atomic E-state index is 0.428. The van der Waals surface area contributed by atoms with Crippen molar-refractivity contribution in [1.29, 1.82) is 0 Å². The molecular weight excluding hydrogens is 276 g/mol. The largest absolute Gasteiger partial charge is 0.490 e. The van der Waals surface area contributed by atoms with Crippen LogP contribution in [0.15, 0.2) is 16.6 Å². The van der Waals surface area contributed by atoms with Gasteiger partial charge in [-0.1, -0.05) is 28.8 Å². The summed E-state index contributed by atoms with van der Waals surface area (Å²) in [6.07, 6.45) is 8.24. The summed E-state index contributed by atoms with van der Waals surface area (Å²) in [5, 5.41) is 0. The van der Waals surface area contributed by atoms with E-state index in [2.05, 4.69) is 41.9 Å². The lowest BCUT2D eigenvalue weighted by Gasteiger charge is -2.18. The van der Waals surface area contributed by atoms with E-state index in [1.807, 2.05) is 0 Å². The molecular formula is C15H21BrO. The molecule has 0 aromatic heterocycles. The normalized spacial score (nSPS) is 17.8. The lowest BCUT2D eigenvalue weighted by atomic mass is 10.1. The molecule has 0 bridgehead atoms. The lowest BCUT2D eigenvalue weighted by Crippen LogP contribution is -2.15. The van der Waals surface area contributed by atoms with E-state index < -0.39 is 0 Å². The van der Waals surface area contributed by atoms with E-state index in [4.69, 9.17) is 4.74 Å². The van der Waals surface area contributed by atoms with Crippen LogP contribution in [0.2, 0.25) is 0 Å². The number of ether oxygens (including phenoxy) is 1. The Bertz CT molecular complexity index is 356. The number of aryl methyl sites for hydroxylation is 2. The second-order valence-corrected chi connectivity index (χ2v) is 5.90. The van der Waals surface area contributed by atoms with Crippen molar-refractivity contribution < 1.29 is 4.74 Å². The van der Waals surface area contributed by atoms with Gasteiger partial charge in [-0.05, 0) is 62.8 Å². The number of hydrogen-bond donors (Lipinski definition) is 0. The first-order valence-electron chi connectivity index (χ1n) is 6.60. The third kappa shape index (κ3) is 3.48. The maximum atomic E-state index is 6.13.